The van der Waals surface area contributed by atoms with Crippen LogP contribution in [0, 0.1) is 5.92 Å². The highest BCUT2D eigenvalue weighted by Crippen LogP contribution is 2.57. The maximum Gasteiger partial charge on any atom is 0.129 e. The molecule has 2 bridgehead atoms. The minimum absolute atomic E-state index is 0.141. The van der Waals surface area contributed by atoms with Crippen LogP contribution in [0.15, 0.2) is 0 Å². The van der Waals surface area contributed by atoms with Gasteiger partial charge in [0.05, 0.1) is 25.4 Å². The van der Waals surface area contributed by atoms with Crippen molar-refractivity contribution in [2.75, 3.05) is 19.5 Å². The van der Waals surface area contributed by atoms with Gasteiger partial charge in [-0.1, -0.05) is 6.92 Å². The maximum atomic E-state index is 6.26. The third-order valence-corrected chi connectivity index (χ3v) is 5.00. The quantitative estimate of drug-likeness (QED) is 0.567. The van der Waals surface area contributed by atoms with Crippen LogP contribution in [0.4, 0.5) is 0 Å². The molecule has 6 atom stereocenters. The zero-order valence-electron chi connectivity index (χ0n) is 10.8. The summed E-state index contributed by atoms with van der Waals surface area (Å²) in [6, 6.07) is 0. The van der Waals surface area contributed by atoms with E-state index < -0.39 is 0 Å². The minimum atomic E-state index is -0.362. The molecule has 3 aliphatic rings. The van der Waals surface area contributed by atoms with E-state index in [-0.39, 0.29) is 29.5 Å². The van der Waals surface area contributed by atoms with Gasteiger partial charge in [-0.3, -0.25) is 0 Å². The number of epoxide rings is 1. The van der Waals surface area contributed by atoms with Crippen LogP contribution in [-0.4, -0.2) is 49.0 Å². The lowest BCUT2D eigenvalue weighted by atomic mass is 9.76. The van der Waals surface area contributed by atoms with E-state index in [1.165, 1.54) is 12.0 Å². The number of rotatable bonds is 4. The Morgan fingerprint density at radius 1 is 1.35 bits per heavy atom. The zero-order valence-corrected chi connectivity index (χ0v) is 11.6. The molecule has 3 aliphatic heterocycles. The molecule has 6 unspecified atom stereocenters. The summed E-state index contributed by atoms with van der Waals surface area (Å²) in [5, 5.41) is 0. The van der Waals surface area contributed by atoms with Crippen LogP contribution in [-0.2, 0) is 18.4 Å². The second kappa shape index (κ2) is 3.84. The number of ether oxygens (including phenoxy) is 3. The first-order valence-electron chi connectivity index (χ1n) is 6.18. The van der Waals surface area contributed by atoms with Gasteiger partial charge in [0.2, 0.25) is 0 Å². The Labute approximate surface area is 107 Å². The third kappa shape index (κ3) is 1.46. The highest BCUT2D eigenvalue weighted by Gasteiger charge is 2.73. The first kappa shape index (κ1) is 12.2. The fourth-order valence-corrected chi connectivity index (χ4v) is 3.79. The van der Waals surface area contributed by atoms with Crippen molar-refractivity contribution in [3.05, 3.63) is 0 Å². The Bertz CT molecular complexity index is 322. The molecule has 0 radical (unpaired) electrons. The van der Waals surface area contributed by atoms with Crippen molar-refractivity contribution in [2.45, 2.75) is 50.3 Å². The molecule has 0 N–H and O–H groups in total. The van der Waals surface area contributed by atoms with Crippen LogP contribution in [0.2, 0.25) is 0 Å². The molecule has 0 aliphatic carbocycles. The van der Waals surface area contributed by atoms with Crippen molar-refractivity contribution in [1.82, 2.24) is 0 Å². The van der Waals surface area contributed by atoms with Crippen molar-refractivity contribution < 1.29 is 18.4 Å². The summed E-state index contributed by atoms with van der Waals surface area (Å²) in [6.07, 6.45) is 2.39. The van der Waals surface area contributed by atoms with Gasteiger partial charge in [-0.25, -0.2) is 0 Å². The molecule has 3 rings (SSSR count). The molecule has 4 nitrogen and oxygen atoms in total. The van der Waals surface area contributed by atoms with Gasteiger partial charge in [0.15, 0.2) is 0 Å². The lowest BCUT2D eigenvalue weighted by Crippen LogP contribution is -2.60. The van der Waals surface area contributed by atoms with Gasteiger partial charge < -0.3 is 18.4 Å². The highest BCUT2D eigenvalue weighted by atomic mass is 32.2. The Morgan fingerprint density at radius 2 is 2.06 bits per heavy atom. The molecular weight excluding hydrogens is 240 g/mol. The van der Waals surface area contributed by atoms with Crippen molar-refractivity contribution in [1.29, 1.82) is 0 Å². The van der Waals surface area contributed by atoms with E-state index in [1.807, 2.05) is 6.26 Å². The SMILES string of the molecule is CSOCC12OC(C)C(OC1(C)C1CO1)C2C. The van der Waals surface area contributed by atoms with Gasteiger partial charge >= 0.3 is 0 Å². The molecule has 3 fully saturated rings. The largest absolute Gasteiger partial charge is 0.370 e. The van der Waals surface area contributed by atoms with Crippen LogP contribution in [0.1, 0.15) is 20.8 Å². The van der Waals surface area contributed by atoms with E-state index in [1.54, 1.807) is 0 Å². The zero-order chi connectivity index (χ0) is 12.3. The first-order chi connectivity index (χ1) is 8.05. The van der Waals surface area contributed by atoms with Gasteiger partial charge in [0.25, 0.3) is 0 Å². The summed E-state index contributed by atoms with van der Waals surface area (Å²) < 4.78 is 23.5. The lowest BCUT2D eigenvalue weighted by molar-refractivity contribution is -0.242. The predicted octanol–water partition coefficient (Wildman–Crippen LogP) is 1.63. The normalized spacial score (nSPS) is 56.5. The van der Waals surface area contributed by atoms with Crippen LogP contribution in [0.25, 0.3) is 0 Å². The first-order valence-corrected chi connectivity index (χ1v) is 7.33. The maximum absolute atomic E-state index is 6.26. The summed E-state index contributed by atoms with van der Waals surface area (Å²) in [5.74, 6) is 0.346. The van der Waals surface area contributed by atoms with Gasteiger partial charge in [-0.05, 0) is 25.9 Å². The minimum Gasteiger partial charge on any atom is -0.370 e. The second-order valence-corrected chi connectivity index (χ2v) is 6.01. The molecule has 98 valence electrons. The van der Waals surface area contributed by atoms with Crippen LogP contribution in [0.5, 0.6) is 0 Å². The molecule has 5 heteroatoms. The molecular formula is C12H20O4S. The topological polar surface area (TPSA) is 40.2 Å². The standard InChI is InChI=1S/C12H20O4S/c1-7-10-8(2)15-12(7,6-14-17-4)11(3,16-10)9-5-13-9/h7-10H,5-6H2,1-4H3. The van der Waals surface area contributed by atoms with E-state index >= 15 is 0 Å². The van der Waals surface area contributed by atoms with E-state index in [0.717, 1.165) is 6.61 Å². The molecule has 0 saturated carbocycles. The van der Waals surface area contributed by atoms with E-state index in [4.69, 9.17) is 18.4 Å². The van der Waals surface area contributed by atoms with Crippen LogP contribution in [0.3, 0.4) is 0 Å². The molecule has 0 aromatic carbocycles. The van der Waals surface area contributed by atoms with Crippen LogP contribution >= 0.6 is 12.0 Å². The fraction of sp³-hybridized carbons (Fsp3) is 1.00. The number of hydrogen-bond acceptors (Lipinski definition) is 5. The molecule has 0 aromatic rings. The van der Waals surface area contributed by atoms with Crippen molar-refractivity contribution in [2.24, 2.45) is 5.92 Å². The van der Waals surface area contributed by atoms with E-state index in [0.29, 0.717) is 12.5 Å². The Morgan fingerprint density at radius 3 is 2.59 bits per heavy atom. The monoisotopic (exact) mass is 260 g/mol. The summed E-state index contributed by atoms with van der Waals surface area (Å²) in [6.45, 7) is 7.72. The van der Waals surface area contributed by atoms with Crippen LogP contribution < -0.4 is 0 Å². The van der Waals surface area contributed by atoms with Gasteiger partial charge in [0.1, 0.15) is 17.3 Å². The summed E-state index contributed by atoms with van der Waals surface area (Å²) >= 11 is 1.38. The van der Waals surface area contributed by atoms with E-state index in [9.17, 15) is 0 Å². The summed E-state index contributed by atoms with van der Waals surface area (Å²) in [5.41, 5.74) is -0.722. The predicted molar refractivity (Wildman–Crippen MR) is 64.9 cm³/mol. The van der Waals surface area contributed by atoms with Gasteiger partial charge in [-0.15, -0.1) is 0 Å². The molecule has 0 aromatic heterocycles. The Balaban J connectivity index is 1.92. The average molecular weight is 260 g/mol. The summed E-state index contributed by atoms with van der Waals surface area (Å²) in [4.78, 5) is 0. The Kier molecular flexibility index (Phi) is 2.76. The number of fused-ring (bicyclic) bond motifs is 2. The third-order valence-electron chi connectivity index (χ3n) is 4.65. The summed E-state index contributed by atoms with van der Waals surface area (Å²) in [7, 11) is 0. The van der Waals surface area contributed by atoms with E-state index in [2.05, 4.69) is 20.8 Å². The molecule has 0 spiro atoms. The molecule has 17 heavy (non-hydrogen) atoms. The second-order valence-electron chi connectivity index (χ2n) is 5.44. The lowest BCUT2D eigenvalue weighted by Gasteiger charge is -2.44. The Hall–Kier alpha value is 0.190. The molecule has 0 amide bonds. The smallest absolute Gasteiger partial charge is 0.129 e. The molecule has 3 heterocycles. The fourth-order valence-electron chi connectivity index (χ4n) is 3.50. The number of hydrogen-bond donors (Lipinski definition) is 0. The van der Waals surface area contributed by atoms with Crippen molar-refractivity contribution >= 4 is 12.0 Å². The van der Waals surface area contributed by atoms with Crippen molar-refractivity contribution in [3.63, 3.8) is 0 Å². The molecule has 3 saturated heterocycles. The van der Waals surface area contributed by atoms with Crippen molar-refractivity contribution in [3.8, 4) is 0 Å². The highest BCUT2D eigenvalue weighted by molar-refractivity contribution is 7.93. The van der Waals surface area contributed by atoms with Gasteiger partial charge in [-0.2, -0.15) is 0 Å². The average Bonchev–Trinajstić information content (AvgIpc) is 3.08. The van der Waals surface area contributed by atoms with Gasteiger partial charge in [0, 0.05) is 12.2 Å².